The molecule has 1 N–H and O–H groups in total. The third-order valence-corrected chi connectivity index (χ3v) is 2.18. The van der Waals surface area contributed by atoms with Crippen LogP contribution in [0.15, 0.2) is 0 Å². The highest BCUT2D eigenvalue weighted by Crippen LogP contribution is 2.24. The monoisotopic (exact) mass is 264 g/mol. The van der Waals surface area contributed by atoms with Crippen LogP contribution in [0.4, 0.5) is 13.2 Å². The molecule has 0 saturated carbocycles. The molecular weight excluding hydrogens is 253 g/mol. The SMILES string of the molecule is CC(C)C(=O)OC(CS(=O)(=O)O)C(F)(F)F. The number of esters is 1. The molecule has 0 heterocycles. The van der Waals surface area contributed by atoms with Gasteiger partial charge in [0.2, 0.25) is 6.10 Å². The van der Waals surface area contributed by atoms with Gasteiger partial charge in [0, 0.05) is 0 Å². The summed E-state index contributed by atoms with van der Waals surface area (Å²) in [4.78, 5) is 10.9. The van der Waals surface area contributed by atoms with E-state index in [4.69, 9.17) is 4.55 Å². The fraction of sp³-hybridized carbons (Fsp3) is 0.857. The molecule has 0 saturated heterocycles. The molecule has 0 rings (SSSR count). The number of carbonyl (C=O) groups excluding carboxylic acids is 1. The third-order valence-electron chi connectivity index (χ3n) is 1.46. The molecule has 0 bridgehead atoms. The maximum absolute atomic E-state index is 12.2. The number of hydrogen-bond acceptors (Lipinski definition) is 4. The van der Waals surface area contributed by atoms with Gasteiger partial charge in [0.1, 0.15) is 5.75 Å². The van der Waals surface area contributed by atoms with Crippen molar-refractivity contribution < 1.29 is 35.7 Å². The molecule has 96 valence electrons. The molecule has 9 heteroatoms. The summed E-state index contributed by atoms with van der Waals surface area (Å²) in [7, 11) is -4.88. The minimum absolute atomic E-state index is 0.828. The molecule has 0 amide bonds. The second kappa shape index (κ2) is 5.00. The summed E-state index contributed by atoms with van der Waals surface area (Å²) < 4.78 is 69.5. The van der Waals surface area contributed by atoms with E-state index in [1.165, 1.54) is 13.8 Å². The molecule has 16 heavy (non-hydrogen) atoms. The van der Waals surface area contributed by atoms with E-state index in [2.05, 4.69) is 4.74 Å². The van der Waals surface area contributed by atoms with Crippen LogP contribution in [0.5, 0.6) is 0 Å². The average molecular weight is 264 g/mol. The van der Waals surface area contributed by atoms with Crippen LogP contribution in [-0.4, -0.2) is 37.0 Å². The van der Waals surface area contributed by atoms with Crippen molar-refractivity contribution in [1.29, 1.82) is 0 Å². The Balaban J connectivity index is 4.78. The van der Waals surface area contributed by atoms with Gasteiger partial charge in [0.25, 0.3) is 10.1 Å². The first-order valence-corrected chi connectivity index (χ1v) is 5.76. The second-order valence-corrected chi connectivity index (χ2v) is 4.87. The van der Waals surface area contributed by atoms with Gasteiger partial charge in [-0.1, -0.05) is 13.8 Å². The summed E-state index contributed by atoms with van der Waals surface area (Å²) in [6.07, 6.45) is -7.89. The Labute approximate surface area is 90.3 Å². The first-order chi connectivity index (χ1) is 6.93. The van der Waals surface area contributed by atoms with Crippen molar-refractivity contribution in [2.75, 3.05) is 5.75 Å². The lowest BCUT2D eigenvalue weighted by molar-refractivity contribution is -0.217. The summed E-state index contributed by atoms with van der Waals surface area (Å²) in [5.74, 6) is -3.72. The van der Waals surface area contributed by atoms with Crippen molar-refractivity contribution >= 4 is 16.1 Å². The number of rotatable bonds is 4. The summed E-state index contributed by atoms with van der Waals surface area (Å²) in [5.41, 5.74) is 0. The molecule has 0 aromatic carbocycles. The van der Waals surface area contributed by atoms with E-state index in [0.29, 0.717) is 0 Å². The molecule has 1 atom stereocenters. The van der Waals surface area contributed by atoms with Crippen molar-refractivity contribution in [3.8, 4) is 0 Å². The zero-order valence-electron chi connectivity index (χ0n) is 8.48. The Bertz CT molecular complexity index is 346. The van der Waals surface area contributed by atoms with E-state index >= 15 is 0 Å². The predicted molar refractivity (Wildman–Crippen MR) is 47.2 cm³/mol. The van der Waals surface area contributed by atoms with Crippen molar-refractivity contribution in [3.05, 3.63) is 0 Å². The van der Waals surface area contributed by atoms with Crippen molar-refractivity contribution in [3.63, 3.8) is 0 Å². The van der Waals surface area contributed by atoms with Crippen LogP contribution in [0, 0.1) is 5.92 Å². The van der Waals surface area contributed by atoms with Crippen LogP contribution in [-0.2, 0) is 19.6 Å². The van der Waals surface area contributed by atoms with Crippen LogP contribution in [0.1, 0.15) is 13.8 Å². The van der Waals surface area contributed by atoms with Crippen molar-refractivity contribution in [2.24, 2.45) is 5.92 Å². The minimum atomic E-state index is -5.04. The van der Waals surface area contributed by atoms with E-state index in [-0.39, 0.29) is 0 Å². The van der Waals surface area contributed by atoms with E-state index in [0.717, 1.165) is 0 Å². The molecule has 0 fully saturated rings. The maximum atomic E-state index is 12.2. The van der Waals surface area contributed by atoms with E-state index in [1.807, 2.05) is 0 Å². The maximum Gasteiger partial charge on any atom is 0.426 e. The highest BCUT2D eigenvalue weighted by Gasteiger charge is 2.45. The smallest absolute Gasteiger partial charge is 0.426 e. The molecule has 0 spiro atoms. The lowest BCUT2D eigenvalue weighted by Crippen LogP contribution is -2.40. The van der Waals surface area contributed by atoms with Gasteiger partial charge in [-0.25, -0.2) is 0 Å². The fourth-order valence-corrected chi connectivity index (χ4v) is 1.30. The van der Waals surface area contributed by atoms with Crippen LogP contribution in [0.25, 0.3) is 0 Å². The van der Waals surface area contributed by atoms with Gasteiger partial charge >= 0.3 is 12.1 Å². The largest absolute Gasteiger partial charge is 0.451 e. The quantitative estimate of drug-likeness (QED) is 0.605. The van der Waals surface area contributed by atoms with Crippen LogP contribution >= 0.6 is 0 Å². The lowest BCUT2D eigenvalue weighted by atomic mass is 10.2. The Hall–Kier alpha value is -0.830. The molecule has 0 aliphatic heterocycles. The van der Waals surface area contributed by atoms with Gasteiger partial charge in [-0.2, -0.15) is 21.6 Å². The molecule has 5 nitrogen and oxygen atoms in total. The Kier molecular flexibility index (Phi) is 4.74. The normalized spacial score (nSPS) is 14.9. The fourth-order valence-electron chi connectivity index (χ4n) is 0.663. The Morgan fingerprint density at radius 2 is 1.81 bits per heavy atom. The number of halogens is 3. The molecule has 1 unspecified atom stereocenters. The van der Waals surface area contributed by atoms with E-state index < -0.39 is 40.0 Å². The Morgan fingerprint density at radius 3 is 2.06 bits per heavy atom. The first kappa shape index (κ1) is 15.2. The van der Waals surface area contributed by atoms with Crippen molar-refractivity contribution in [2.45, 2.75) is 26.1 Å². The number of alkyl halides is 3. The molecule has 0 aromatic heterocycles. The van der Waals surface area contributed by atoms with Gasteiger partial charge in [-0.05, 0) is 0 Å². The highest BCUT2D eigenvalue weighted by molar-refractivity contribution is 7.85. The van der Waals surface area contributed by atoms with Gasteiger partial charge in [-0.15, -0.1) is 0 Å². The number of hydrogen-bond donors (Lipinski definition) is 1. The summed E-state index contributed by atoms with van der Waals surface area (Å²) in [6, 6.07) is 0. The summed E-state index contributed by atoms with van der Waals surface area (Å²) >= 11 is 0. The molecule has 0 radical (unpaired) electrons. The van der Waals surface area contributed by atoms with Gasteiger partial charge in [-0.3, -0.25) is 9.35 Å². The van der Waals surface area contributed by atoms with Crippen LogP contribution in [0.2, 0.25) is 0 Å². The molecular formula is C7H11F3O5S. The zero-order chi connectivity index (χ0) is 13.1. The molecule has 0 aliphatic carbocycles. The molecule has 0 aliphatic rings. The lowest BCUT2D eigenvalue weighted by Gasteiger charge is -2.20. The van der Waals surface area contributed by atoms with Gasteiger partial charge in [0.05, 0.1) is 5.92 Å². The standard InChI is InChI=1S/C7H11F3O5S/c1-4(2)6(11)15-5(7(8,9)10)3-16(12,13)14/h4-5H,3H2,1-2H3,(H,12,13,14). The predicted octanol–water partition coefficient (Wildman–Crippen LogP) is 1.00. The first-order valence-electron chi connectivity index (χ1n) is 4.16. The van der Waals surface area contributed by atoms with Crippen LogP contribution in [0.3, 0.4) is 0 Å². The van der Waals surface area contributed by atoms with Crippen LogP contribution < -0.4 is 0 Å². The molecule has 0 aromatic rings. The minimum Gasteiger partial charge on any atom is -0.451 e. The Morgan fingerprint density at radius 1 is 1.38 bits per heavy atom. The van der Waals surface area contributed by atoms with Gasteiger partial charge in [0.15, 0.2) is 0 Å². The van der Waals surface area contributed by atoms with E-state index in [1.54, 1.807) is 0 Å². The zero-order valence-corrected chi connectivity index (χ0v) is 9.30. The highest BCUT2D eigenvalue weighted by atomic mass is 32.2. The number of carbonyl (C=O) groups is 1. The van der Waals surface area contributed by atoms with Crippen molar-refractivity contribution in [1.82, 2.24) is 0 Å². The topological polar surface area (TPSA) is 80.7 Å². The van der Waals surface area contributed by atoms with Gasteiger partial charge < -0.3 is 4.74 Å². The number of ether oxygens (including phenoxy) is 1. The second-order valence-electron chi connectivity index (χ2n) is 3.37. The average Bonchev–Trinajstić information content (AvgIpc) is 1.98. The summed E-state index contributed by atoms with van der Waals surface area (Å²) in [5, 5.41) is 0. The third kappa shape index (κ3) is 5.91. The van der Waals surface area contributed by atoms with E-state index in [9.17, 15) is 26.4 Å². The summed E-state index contributed by atoms with van der Waals surface area (Å²) in [6.45, 7) is 2.59.